The number of carbonyl (C=O) groups excluding carboxylic acids is 2. The van der Waals surface area contributed by atoms with Gasteiger partial charge in [-0.2, -0.15) is 0 Å². The topological polar surface area (TPSA) is 81.4 Å². The van der Waals surface area contributed by atoms with Crippen molar-refractivity contribution in [1.29, 1.82) is 0 Å². The Balaban J connectivity index is 1.68. The molecule has 1 heterocycles. The number of ether oxygens (including phenoxy) is 1. The zero-order valence-electron chi connectivity index (χ0n) is 14.8. The second kappa shape index (κ2) is 8.34. The molecule has 0 aliphatic carbocycles. The molecule has 0 atom stereocenters. The van der Waals surface area contributed by atoms with Gasteiger partial charge in [0.2, 0.25) is 0 Å². The number of aromatic nitrogens is 1. The molecule has 0 aliphatic heterocycles. The van der Waals surface area contributed by atoms with Gasteiger partial charge in [0.1, 0.15) is 17.0 Å². The van der Waals surface area contributed by atoms with Gasteiger partial charge in [-0.3, -0.25) is 4.79 Å². The minimum absolute atomic E-state index is 0.222. The number of rotatable bonds is 5. The first-order valence-electron chi connectivity index (χ1n) is 8.20. The molecule has 3 rings (SSSR count). The van der Waals surface area contributed by atoms with E-state index in [1.165, 1.54) is 0 Å². The molecular formula is C20H17IN2O4. The average molecular weight is 476 g/mol. The maximum Gasteiger partial charge on any atom is 0.344 e. The Morgan fingerprint density at radius 1 is 1.15 bits per heavy atom. The summed E-state index contributed by atoms with van der Waals surface area (Å²) >= 11 is 2.20. The summed E-state index contributed by atoms with van der Waals surface area (Å²) in [5.74, 6) is -0.724. The Kier molecular flexibility index (Phi) is 5.90. The van der Waals surface area contributed by atoms with Gasteiger partial charge in [0, 0.05) is 14.8 Å². The number of nitrogens with zero attached hydrogens (tertiary/aromatic N) is 1. The lowest BCUT2D eigenvalue weighted by molar-refractivity contribution is -0.119. The quantitative estimate of drug-likeness (QED) is 0.437. The van der Waals surface area contributed by atoms with Gasteiger partial charge in [0.25, 0.3) is 5.91 Å². The summed E-state index contributed by atoms with van der Waals surface area (Å²) in [5, 5.41) is 6.69. The molecule has 2 aromatic carbocycles. The predicted molar refractivity (Wildman–Crippen MR) is 109 cm³/mol. The van der Waals surface area contributed by atoms with Crippen molar-refractivity contribution in [3.8, 4) is 11.3 Å². The number of nitrogens with one attached hydrogen (secondary N) is 1. The molecule has 0 fully saturated rings. The van der Waals surface area contributed by atoms with Gasteiger partial charge in [-0.15, -0.1) is 0 Å². The number of hydrogen-bond donors (Lipinski definition) is 1. The van der Waals surface area contributed by atoms with Gasteiger partial charge in [-0.25, -0.2) is 4.79 Å². The Bertz CT molecular complexity index is 983. The van der Waals surface area contributed by atoms with Crippen LogP contribution in [0.2, 0.25) is 0 Å². The monoisotopic (exact) mass is 476 g/mol. The average Bonchev–Trinajstić information content (AvgIpc) is 3.04. The van der Waals surface area contributed by atoms with E-state index in [4.69, 9.17) is 9.26 Å². The standard InChI is InChI=1S/C20H17IN2O4/c1-12-10-15(21)8-9-16(12)22-17(24)11-26-20(25)18-13(2)27-23-19(18)14-6-4-3-5-7-14/h3-10H,11H2,1-2H3,(H,22,24). The summed E-state index contributed by atoms with van der Waals surface area (Å²) in [6, 6.07) is 14.8. The minimum Gasteiger partial charge on any atom is -0.452 e. The van der Waals surface area contributed by atoms with Gasteiger partial charge in [0.05, 0.1) is 0 Å². The van der Waals surface area contributed by atoms with Gasteiger partial charge >= 0.3 is 5.97 Å². The summed E-state index contributed by atoms with van der Waals surface area (Å²) in [6.07, 6.45) is 0. The van der Waals surface area contributed by atoms with Crippen LogP contribution in [0.5, 0.6) is 0 Å². The van der Waals surface area contributed by atoms with Crippen LogP contribution < -0.4 is 5.32 Å². The second-order valence-electron chi connectivity index (χ2n) is 5.91. The lowest BCUT2D eigenvalue weighted by atomic mass is 10.1. The fraction of sp³-hybridized carbons (Fsp3) is 0.150. The van der Waals surface area contributed by atoms with Crippen molar-refractivity contribution in [2.24, 2.45) is 0 Å². The van der Waals surface area contributed by atoms with E-state index in [0.717, 1.165) is 14.7 Å². The summed E-state index contributed by atoms with van der Waals surface area (Å²) in [5.41, 5.74) is 2.97. The lowest BCUT2D eigenvalue weighted by Gasteiger charge is -2.09. The highest BCUT2D eigenvalue weighted by atomic mass is 127. The van der Waals surface area contributed by atoms with Gasteiger partial charge in [0.15, 0.2) is 6.61 Å². The molecule has 0 bridgehead atoms. The maximum absolute atomic E-state index is 12.5. The first-order chi connectivity index (χ1) is 13.0. The predicted octanol–water partition coefficient (Wildman–Crippen LogP) is 4.36. The molecule has 0 saturated carbocycles. The van der Waals surface area contributed by atoms with Crippen LogP contribution in [0.3, 0.4) is 0 Å². The number of hydrogen-bond acceptors (Lipinski definition) is 5. The molecule has 27 heavy (non-hydrogen) atoms. The number of esters is 1. The largest absolute Gasteiger partial charge is 0.452 e. The Morgan fingerprint density at radius 2 is 1.89 bits per heavy atom. The molecule has 3 aromatic rings. The number of halogens is 1. The Hall–Kier alpha value is -2.68. The third kappa shape index (κ3) is 4.54. The number of carbonyl (C=O) groups is 2. The van der Waals surface area contributed by atoms with Gasteiger partial charge in [-0.1, -0.05) is 35.5 Å². The summed E-state index contributed by atoms with van der Waals surface area (Å²) < 4.78 is 11.4. The van der Waals surface area contributed by atoms with Crippen molar-refractivity contribution in [1.82, 2.24) is 5.16 Å². The van der Waals surface area contributed by atoms with E-state index in [2.05, 4.69) is 33.1 Å². The van der Waals surface area contributed by atoms with E-state index in [1.807, 2.05) is 55.5 Å². The van der Waals surface area contributed by atoms with Crippen LogP contribution in [0.4, 0.5) is 5.69 Å². The van der Waals surface area contributed by atoms with Crippen molar-refractivity contribution in [3.05, 3.63) is 69.0 Å². The molecule has 7 heteroatoms. The summed E-state index contributed by atoms with van der Waals surface area (Å²) in [4.78, 5) is 24.6. The van der Waals surface area contributed by atoms with Crippen molar-refractivity contribution >= 4 is 40.2 Å². The molecule has 138 valence electrons. The first-order valence-corrected chi connectivity index (χ1v) is 9.28. The van der Waals surface area contributed by atoms with E-state index in [-0.39, 0.29) is 5.56 Å². The highest BCUT2D eigenvalue weighted by molar-refractivity contribution is 14.1. The lowest BCUT2D eigenvalue weighted by Crippen LogP contribution is -2.21. The van der Waals surface area contributed by atoms with Crippen molar-refractivity contribution < 1.29 is 18.8 Å². The van der Waals surface area contributed by atoms with Crippen molar-refractivity contribution in [3.63, 3.8) is 0 Å². The van der Waals surface area contributed by atoms with E-state index in [9.17, 15) is 9.59 Å². The van der Waals surface area contributed by atoms with Crippen LogP contribution in [0.1, 0.15) is 21.7 Å². The van der Waals surface area contributed by atoms with Gasteiger partial charge in [-0.05, 0) is 60.2 Å². The molecule has 1 aromatic heterocycles. The van der Waals surface area contributed by atoms with Crippen LogP contribution >= 0.6 is 22.6 Å². The molecule has 0 unspecified atom stereocenters. The molecular weight excluding hydrogens is 459 g/mol. The number of aryl methyl sites for hydroxylation is 2. The highest BCUT2D eigenvalue weighted by Gasteiger charge is 2.23. The highest BCUT2D eigenvalue weighted by Crippen LogP contribution is 2.25. The van der Waals surface area contributed by atoms with Crippen LogP contribution in [0.25, 0.3) is 11.3 Å². The van der Waals surface area contributed by atoms with E-state index >= 15 is 0 Å². The molecule has 1 amide bonds. The Labute approximate surface area is 170 Å². The minimum atomic E-state index is -0.651. The maximum atomic E-state index is 12.5. The molecule has 0 aliphatic rings. The van der Waals surface area contributed by atoms with Crippen LogP contribution in [-0.4, -0.2) is 23.6 Å². The zero-order valence-corrected chi connectivity index (χ0v) is 16.9. The normalized spacial score (nSPS) is 10.5. The van der Waals surface area contributed by atoms with Crippen molar-refractivity contribution in [2.45, 2.75) is 13.8 Å². The Morgan fingerprint density at radius 3 is 2.59 bits per heavy atom. The fourth-order valence-electron chi connectivity index (χ4n) is 2.56. The molecule has 0 spiro atoms. The SMILES string of the molecule is Cc1cc(I)ccc1NC(=O)COC(=O)c1c(-c2ccccc2)noc1C. The third-order valence-corrected chi connectivity index (χ3v) is 4.58. The summed E-state index contributed by atoms with van der Waals surface area (Å²) in [6.45, 7) is 3.13. The van der Waals surface area contributed by atoms with E-state index in [1.54, 1.807) is 6.92 Å². The number of amides is 1. The smallest absolute Gasteiger partial charge is 0.344 e. The first kappa shape index (κ1) is 19.1. The third-order valence-electron chi connectivity index (χ3n) is 3.91. The second-order valence-corrected chi connectivity index (χ2v) is 7.16. The number of anilines is 1. The van der Waals surface area contributed by atoms with Crippen LogP contribution in [0, 0.1) is 17.4 Å². The number of benzene rings is 2. The van der Waals surface area contributed by atoms with E-state index in [0.29, 0.717) is 17.1 Å². The summed E-state index contributed by atoms with van der Waals surface area (Å²) in [7, 11) is 0. The van der Waals surface area contributed by atoms with Crippen LogP contribution in [-0.2, 0) is 9.53 Å². The van der Waals surface area contributed by atoms with E-state index < -0.39 is 18.5 Å². The zero-order chi connectivity index (χ0) is 19.4. The van der Waals surface area contributed by atoms with Gasteiger partial charge < -0.3 is 14.6 Å². The molecule has 0 radical (unpaired) electrons. The van der Waals surface area contributed by atoms with Crippen molar-refractivity contribution in [2.75, 3.05) is 11.9 Å². The van der Waals surface area contributed by atoms with Crippen LogP contribution in [0.15, 0.2) is 53.1 Å². The molecule has 1 N–H and O–H groups in total. The molecule has 0 saturated heterocycles. The fourth-order valence-corrected chi connectivity index (χ4v) is 3.21. The molecule has 6 nitrogen and oxygen atoms in total.